The zero-order valence-corrected chi connectivity index (χ0v) is 14.9. The van der Waals surface area contributed by atoms with Crippen molar-refractivity contribution in [3.8, 4) is 11.5 Å². The molecule has 0 aliphatic heterocycles. The molecule has 0 radical (unpaired) electrons. The molecule has 0 aliphatic carbocycles. The van der Waals surface area contributed by atoms with E-state index in [-0.39, 0.29) is 12.5 Å². The number of hydrogen-bond acceptors (Lipinski definition) is 6. The van der Waals surface area contributed by atoms with E-state index in [0.29, 0.717) is 22.1 Å². The zero-order chi connectivity index (χ0) is 18.5. The van der Waals surface area contributed by atoms with Gasteiger partial charge in [-0.15, -0.1) is 5.10 Å². The number of para-hydroxylation sites is 1. The number of hydrogen-bond donors (Lipinski definition) is 1. The lowest BCUT2D eigenvalue weighted by atomic mass is 10.2. The van der Waals surface area contributed by atoms with Crippen molar-refractivity contribution in [2.24, 2.45) is 5.10 Å². The molecular weight excluding hydrogens is 358 g/mol. The van der Waals surface area contributed by atoms with Crippen LogP contribution in [0.5, 0.6) is 11.5 Å². The summed E-state index contributed by atoms with van der Waals surface area (Å²) in [7, 11) is 3.02. The highest BCUT2D eigenvalue weighted by atomic mass is 35.5. The minimum Gasteiger partial charge on any atom is -0.493 e. The number of nitrogens with zero attached hydrogens (tertiary/aromatic N) is 4. The second-order valence-corrected chi connectivity index (χ2v) is 5.67. The molecule has 0 fully saturated rings. The Labute approximate surface area is 154 Å². The third-order valence-corrected chi connectivity index (χ3v) is 3.85. The first-order valence-electron chi connectivity index (χ1n) is 7.64. The van der Waals surface area contributed by atoms with E-state index in [9.17, 15) is 4.79 Å². The van der Waals surface area contributed by atoms with E-state index in [0.717, 1.165) is 11.0 Å². The number of benzene rings is 2. The van der Waals surface area contributed by atoms with Gasteiger partial charge in [-0.25, -0.2) is 10.1 Å². The number of carbonyl (C=O) groups is 1. The predicted octanol–water partition coefficient (Wildman–Crippen LogP) is 2.25. The van der Waals surface area contributed by atoms with Gasteiger partial charge in [0.15, 0.2) is 11.5 Å². The Morgan fingerprint density at radius 2 is 2.12 bits per heavy atom. The Morgan fingerprint density at radius 1 is 1.31 bits per heavy atom. The first kappa shape index (κ1) is 17.7. The average Bonchev–Trinajstić information content (AvgIpc) is 3.04. The fraction of sp³-hybridized carbons (Fsp3) is 0.176. The summed E-state index contributed by atoms with van der Waals surface area (Å²) in [6.07, 6.45) is 1.46. The maximum Gasteiger partial charge on any atom is 0.261 e. The smallest absolute Gasteiger partial charge is 0.261 e. The van der Waals surface area contributed by atoms with Gasteiger partial charge in [0.05, 0.1) is 31.0 Å². The first-order valence-corrected chi connectivity index (χ1v) is 8.02. The number of aromatic nitrogens is 3. The lowest BCUT2D eigenvalue weighted by molar-refractivity contribution is -0.121. The monoisotopic (exact) mass is 373 g/mol. The molecular formula is C17H16ClN5O3. The maximum atomic E-state index is 12.1. The zero-order valence-electron chi connectivity index (χ0n) is 14.1. The van der Waals surface area contributed by atoms with E-state index < -0.39 is 0 Å². The van der Waals surface area contributed by atoms with Crippen LogP contribution in [0.25, 0.3) is 11.0 Å². The molecule has 0 aliphatic rings. The summed E-state index contributed by atoms with van der Waals surface area (Å²) in [5.41, 5.74) is 4.60. The van der Waals surface area contributed by atoms with Crippen LogP contribution in [-0.4, -0.2) is 41.3 Å². The number of ether oxygens (including phenoxy) is 2. The predicted molar refractivity (Wildman–Crippen MR) is 97.8 cm³/mol. The summed E-state index contributed by atoms with van der Waals surface area (Å²) in [6, 6.07) is 10.8. The Bertz CT molecular complexity index is 970. The molecule has 0 saturated carbocycles. The van der Waals surface area contributed by atoms with Crippen LogP contribution in [-0.2, 0) is 11.3 Å². The van der Waals surface area contributed by atoms with Crippen molar-refractivity contribution >= 4 is 34.8 Å². The highest BCUT2D eigenvalue weighted by Crippen LogP contribution is 2.35. The van der Waals surface area contributed by atoms with Crippen LogP contribution in [0.4, 0.5) is 0 Å². The van der Waals surface area contributed by atoms with E-state index in [1.54, 1.807) is 12.1 Å². The molecule has 1 N–H and O–H groups in total. The van der Waals surface area contributed by atoms with Crippen LogP contribution in [0.3, 0.4) is 0 Å². The first-order chi connectivity index (χ1) is 12.6. The van der Waals surface area contributed by atoms with Crippen LogP contribution in [0.15, 0.2) is 41.5 Å². The average molecular weight is 374 g/mol. The highest BCUT2D eigenvalue weighted by molar-refractivity contribution is 6.32. The molecule has 2 aromatic carbocycles. The molecule has 0 atom stereocenters. The summed E-state index contributed by atoms with van der Waals surface area (Å²) in [5.74, 6) is 0.582. The number of nitrogens with one attached hydrogen (secondary N) is 1. The van der Waals surface area contributed by atoms with Crippen molar-refractivity contribution < 1.29 is 14.3 Å². The lowest BCUT2D eigenvalue weighted by Crippen LogP contribution is -2.23. The summed E-state index contributed by atoms with van der Waals surface area (Å²) < 4.78 is 11.9. The van der Waals surface area contributed by atoms with Gasteiger partial charge in [-0.2, -0.15) is 5.10 Å². The molecule has 0 bridgehead atoms. The van der Waals surface area contributed by atoms with Gasteiger partial charge in [-0.05, 0) is 29.8 Å². The summed E-state index contributed by atoms with van der Waals surface area (Å²) in [6.45, 7) is 0.00451. The number of hydrazone groups is 1. The van der Waals surface area contributed by atoms with Crippen LogP contribution < -0.4 is 14.9 Å². The van der Waals surface area contributed by atoms with E-state index in [2.05, 4.69) is 20.8 Å². The second-order valence-electron chi connectivity index (χ2n) is 5.27. The third-order valence-electron chi connectivity index (χ3n) is 3.57. The van der Waals surface area contributed by atoms with Crippen molar-refractivity contribution in [2.75, 3.05) is 14.2 Å². The largest absolute Gasteiger partial charge is 0.493 e. The van der Waals surface area contributed by atoms with Crippen LogP contribution in [0, 0.1) is 0 Å². The quantitative estimate of drug-likeness (QED) is 0.528. The van der Waals surface area contributed by atoms with Gasteiger partial charge >= 0.3 is 0 Å². The summed E-state index contributed by atoms with van der Waals surface area (Å²) >= 11 is 6.13. The van der Waals surface area contributed by atoms with Crippen molar-refractivity contribution in [3.63, 3.8) is 0 Å². The Balaban J connectivity index is 1.67. The van der Waals surface area contributed by atoms with E-state index in [1.807, 2.05) is 24.3 Å². The fourth-order valence-electron chi connectivity index (χ4n) is 2.40. The molecule has 26 heavy (non-hydrogen) atoms. The highest BCUT2D eigenvalue weighted by Gasteiger charge is 2.10. The standard InChI is InChI=1S/C17H16ClN5O3/c1-25-15-8-11(7-12(18)17(15)26-2)9-19-21-16(24)10-23-14-6-4-3-5-13(14)20-22-23/h3-9H,10H2,1-2H3,(H,21,24)/b19-9-. The Hall–Kier alpha value is -3.13. The van der Waals surface area contributed by atoms with Gasteiger partial charge in [0.1, 0.15) is 12.1 Å². The molecule has 8 nitrogen and oxygen atoms in total. The maximum absolute atomic E-state index is 12.1. The molecule has 3 aromatic rings. The Morgan fingerprint density at radius 3 is 2.88 bits per heavy atom. The molecule has 1 amide bonds. The van der Waals surface area contributed by atoms with E-state index in [4.69, 9.17) is 21.1 Å². The van der Waals surface area contributed by atoms with Gasteiger partial charge in [0, 0.05) is 0 Å². The minimum absolute atomic E-state index is 0.00451. The molecule has 1 heterocycles. The number of fused-ring (bicyclic) bond motifs is 1. The van der Waals surface area contributed by atoms with Gasteiger partial charge in [0.2, 0.25) is 0 Å². The minimum atomic E-state index is -0.330. The van der Waals surface area contributed by atoms with Crippen molar-refractivity contribution in [1.82, 2.24) is 20.4 Å². The van der Waals surface area contributed by atoms with Crippen LogP contribution >= 0.6 is 11.6 Å². The van der Waals surface area contributed by atoms with Gasteiger partial charge < -0.3 is 9.47 Å². The normalized spacial score (nSPS) is 11.0. The van der Waals surface area contributed by atoms with Crippen LogP contribution in [0.2, 0.25) is 5.02 Å². The molecule has 1 aromatic heterocycles. The van der Waals surface area contributed by atoms with Crippen molar-refractivity contribution in [3.05, 3.63) is 47.0 Å². The SMILES string of the molecule is COc1cc(/C=N\NC(=O)Cn2nnc3ccccc32)cc(Cl)c1OC. The molecule has 0 spiro atoms. The molecule has 0 saturated heterocycles. The van der Waals surface area contributed by atoms with Gasteiger partial charge in [0.25, 0.3) is 5.91 Å². The topological polar surface area (TPSA) is 90.6 Å². The second kappa shape index (κ2) is 7.83. The molecule has 9 heteroatoms. The van der Waals surface area contributed by atoms with Crippen molar-refractivity contribution in [1.29, 1.82) is 0 Å². The van der Waals surface area contributed by atoms with Crippen LogP contribution in [0.1, 0.15) is 5.56 Å². The van der Waals surface area contributed by atoms with Gasteiger partial charge in [-0.1, -0.05) is 28.9 Å². The molecule has 134 valence electrons. The summed E-state index contributed by atoms with van der Waals surface area (Å²) in [5, 5.41) is 12.3. The Kier molecular flexibility index (Phi) is 5.33. The third kappa shape index (κ3) is 3.75. The fourth-order valence-corrected chi connectivity index (χ4v) is 2.69. The lowest BCUT2D eigenvalue weighted by Gasteiger charge is -2.09. The van der Waals surface area contributed by atoms with E-state index in [1.165, 1.54) is 25.1 Å². The summed E-state index contributed by atoms with van der Waals surface area (Å²) in [4.78, 5) is 12.1. The number of halogens is 1. The number of methoxy groups -OCH3 is 2. The van der Waals surface area contributed by atoms with E-state index >= 15 is 0 Å². The number of carbonyl (C=O) groups excluding carboxylic acids is 1. The number of amides is 1. The molecule has 0 unspecified atom stereocenters. The number of rotatable bonds is 6. The molecule has 3 rings (SSSR count). The van der Waals surface area contributed by atoms with Gasteiger partial charge in [-0.3, -0.25) is 4.79 Å². The van der Waals surface area contributed by atoms with Crippen molar-refractivity contribution in [2.45, 2.75) is 6.54 Å².